The Morgan fingerprint density at radius 3 is 2.39 bits per heavy atom. The predicted octanol–water partition coefficient (Wildman–Crippen LogP) is -0.519. The Hall–Kier alpha value is -0.900. The van der Waals surface area contributed by atoms with Crippen LogP contribution in [0, 0.1) is 0 Å². The second-order valence-corrected chi connectivity index (χ2v) is 5.03. The summed E-state index contributed by atoms with van der Waals surface area (Å²) >= 11 is 0. The molecule has 0 saturated carbocycles. The smallest absolute Gasteiger partial charge is 0.370 e. The third-order valence-corrected chi connectivity index (χ3v) is 2.62. The van der Waals surface area contributed by atoms with Crippen LogP contribution in [0.25, 0.3) is 0 Å². The van der Waals surface area contributed by atoms with Crippen LogP contribution in [0.5, 0.6) is 0 Å². The van der Waals surface area contributed by atoms with Crippen LogP contribution < -0.4 is 11.5 Å². The van der Waals surface area contributed by atoms with Crippen LogP contribution in [0.1, 0.15) is 26.2 Å². The lowest BCUT2D eigenvalue weighted by Crippen LogP contribution is -2.39. The van der Waals surface area contributed by atoms with Crippen molar-refractivity contribution in [2.45, 2.75) is 32.2 Å². The summed E-state index contributed by atoms with van der Waals surface area (Å²) in [6.07, 6.45) is 3.98. The fourth-order valence-electron chi connectivity index (χ4n) is 1.80. The van der Waals surface area contributed by atoms with Gasteiger partial charge in [-0.25, -0.2) is 0 Å². The minimum absolute atomic E-state index is 0.199. The van der Waals surface area contributed by atoms with Crippen molar-refractivity contribution in [3.63, 3.8) is 0 Å². The average molecular weight is 282 g/mol. The number of aliphatic imine (C=N–C) groups is 1. The lowest BCUT2D eigenvalue weighted by Gasteiger charge is -2.32. The van der Waals surface area contributed by atoms with E-state index in [4.69, 9.17) is 29.0 Å². The Bertz CT molecular complexity index is 346. The SMILES string of the molecule is CC1CCCCN1CCN=C(N)N.O=S(=O)(O)O. The first-order valence-electron chi connectivity index (χ1n) is 5.69. The number of nitrogens with zero attached hydrogens (tertiary/aromatic N) is 2. The Morgan fingerprint density at radius 2 is 1.94 bits per heavy atom. The van der Waals surface area contributed by atoms with E-state index in [1.807, 2.05) is 0 Å². The molecule has 9 heteroatoms. The zero-order valence-corrected chi connectivity index (χ0v) is 11.3. The van der Waals surface area contributed by atoms with E-state index in [0.29, 0.717) is 6.04 Å². The molecule has 0 aromatic heterocycles. The number of guanidine groups is 1. The maximum atomic E-state index is 8.74. The molecule has 0 spiro atoms. The molecule has 1 fully saturated rings. The summed E-state index contributed by atoms with van der Waals surface area (Å²) in [5.74, 6) is 0.199. The van der Waals surface area contributed by atoms with Gasteiger partial charge in [-0.15, -0.1) is 0 Å². The maximum absolute atomic E-state index is 8.74. The molecule has 1 saturated heterocycles. The van der Waals surface area contributed by atoms with Crippen molar-refractivity contribution in [1.29, 1.82) is 0 Å². The molecule has 0 bridgehead atoms. The standard InChI is InChI=1S/C9H20N4.H2O4S/c1-8-4-2-3-6-13(8)7-5-12-9(10)11;1-5(2,3)4/h8H,2-7H2,1H3,(H4,10,11,12);(H2,1,2,3,4). The van der Waals surface area contributed by atoms with Gasteiger partial charge in [0.1, 0.15) is 0 Å². The maximum Gasteiger partial charge on any atom is 0.394 e. The van der Waals surface area contributed by atoms with Crippen LogP contribution in [0.15, 0.2) is 4.99 Å². The third-order valence-electron chi connectivity index (χ3n) is 2.62. The Labute approximate surface area is 108 Å². The summed E-state index contributed by atoms with van der Waals surface area (Å²) in [6, 6.07) is 0.697. The molecular formula is C9H22N4O4S. The van der Waals surface area contributed by atoms with Crippen LogP contribution in [0.4, 0.5) is 0 Å². The highest BCUT2D eigenvalue weighted by Gasteiger charge is 2.16. The van der Waals surface area contributed by atoms with Crippen LogP contribution in [0.2, 0.25) is 0 Å². The van der Waals surface area contributed by atoms with Crippen molar-refractivity contribution < 1.29 is 17.5 Å². The molecule has 1 aliphatic rings. The minimum atomic E-state index is -4.67. The van der Waals surface area contributed by atoms with Gasteiger partial charge in [0.25, 0.3) is 0 Å². The number of piperidine rings is 1. The Balaban J connectivity index is 0.000000494. The summed E-state index contributed by atoms with van der Waals surface area (Å²) in [5.41, 5.74) is 10.5. The van der Waals surface area contributed by atoms with Crippen LogP contribution in [0.3, 0.4) is 0 Å². The predicted molar refractivity (Wildman–Crippen MR) is 69.7 cm³/mol. The highest BCUT2D eigenvalue weighted by Crippen LogP contribution is 2.15. The van der Waals surface area contributed by atoms with Gasteiger partial charge >= 0.3 is 10.4 Å². The first-order chi connectivity index (χ1) is 8.20. The van der Waals surface area contributed by atoms with Crippen molar-refractivity contribution >= 4 is 16.4 Å². The van der Waals surface area contributed by atoms with E-state index in [1.54, 1.807) is 0 Å². The van der Waals surface area contributed by atoms with Gasteiger partial charge in [-0.2, -0.15) is 8.42 Å². The van der Waals surface area contributed by atoms with Gasteiger partial charge in [0.15, 0.2) is 5.96 Å². The molecule has 1 rings (SSSR count). The molecule has 0 amide bonds. The third kappa shape index (κ3) is 11.6. The van der Waals surface area contributed by atoms with Gasteiger partial charge in [-0.05, 0) is 26.3 Å². The Morgan fingerprint density at radius 1 is 1.39 bits per heavy atom. The van der Waals surface area contributed by atoms with Gasteiger partial charge in [0, 0.05) is 12.6 Å². The monoisotopic (exact) mass is 282 g/mol. The van der Waals surface area contributed by atoms with E-state index in [9.17, 15) is 0 Å². The minimum Gasteiger partial charge on any atom is -0.370 e. The highest BCUT2D eigenvalue weighted by molar-refractivity contribution is 7.79. The molecule has 108 valence electrons. The molecule has 6 N–H and O–H groups in total. The van der Waals surface area contributed by atoms with E-state index in [0.717, 1.165) is 13.1 Å². The fraction of sp³-hybridized carbons (Fsp3) is 0.889. The summed E-state index contributed by atoms with van der Waals surface area (Å²) in [6.45, 7) is 5.18. The van der Waals surface area contributed by atoms with Gasteiger partial charge in [-0.1, -0.05) is 6.42 Å². The molecule has 8 nitrogen and oxygen atoms in total. The average Bonchev–Trinajstić information content (AvgIpc) is 2.18. The number of likely N-dealkylation sites (tertiary alicyclic amines) is 1. The van der Waals surface area contributed by atoms with Crippen LogP contribution in [-0.2, 0) is 10.4 Å². The molecule has 0 aromatic carbocycles. The summed E-state index contributed by atoms with van der Waals surface area (Å²) in [7, 11) is -4.67. The normalized spacial score (nSPS) is 20.7. The van der Waals surface area contributed by atoms with E-state index in [-0.39, 0.29) is 5.96 Å². The number of nitrogens with two attached hydrogens (primary N) is 2. The molecular weight excluding hydrogens is 260 g/mol. The van der Waals surface area contributed by atoms with Crippen molar-refractivity contribution in [1.82, 2.24) is 4.90 Å². The topological polar surface area (TPSA) is 142 Å². The quantitative estimate of drug-likeness (QED) is 0.310. The van der Waals surface area contributed by atoms with E-state index in [2.05, 4.69) is 16.8 Å². The van der Waals surface area contributed by atoms with Crippen LogP contribution in [-0.4, -0.2) is 54.1 Å². The molecule has 1 aliphatic heterocycles. The summed E-state index contributed by atoms with van der Waals surface area (Å²) in [5, 5.41) is 0. The van der Waals surface area contributed by atoms with Crippen LogP contribution >= 0.6 is 0 Å². The molecule has 1 heterocycles. The zero-order chi connectivity index (χ0) is 14.2. The number of hydrogen-bond acceptors (Lipinski definition) is 4. The molecule has 1 unspecified atom stereocenters. The lowest BCUT2D eigenvalue weighted by molar-refractivity contribution is 0.166. The second-order valence-electron chi connectivity index (χ2n) is 4.14. The summed E-state index contributed by atoms with van der Waals surface area (Å²) < 4.78 is 31.6. The van der Waals surface area contributed by atoms with Crippen molar-refractivity contribution in [3.05, 3.63) is 0 Å². The van der Waals surface area contributed by atoms with E-state index >= 15 is 0 Å². The van der Waals surface area contributed by atoms with Gasteiger partial charge in [0.2, 0.25) is 0 Å². The van der Waals surface area contributed by atoms with Gasteiger partial charge in [0.05, 0.1) is 6.54 Å². The van der Waals surface area contributed by atoms with E-state index < -0.39 is 10.4 Å². The molecule has 18 heavy (non-hydrogen) atoms. The Kier molecular flexibility index (Phi) is 7.83. The first-order valence-corrected chi connectivity index (χ1v) is 7.09. The molecule has 0 radical (unpaired) electrons. The number of rotatable bonds is 3. The fourth-order valence-corrected chi connectivity index (χ4v) is 1.80. The number of hydrogen-bond donors (Lipinski definition) is 4. The first kappa shape index (κ1) is 17.1. The highest BCUT2D eigenvalue weighted by atomic mass is 32.3. The lowest BCUT2D eigenvalue weighted by atomic mass is 10.0. The van der Waals surface area contributed by atoms with Gasteiger partial charge < -0.3 is 11.5 Å². The molecule has 0 aromatic rings. The van der Waals surface area contributed by atoms with Crippen molar-refractivity contribution in [3.8, 4) is 0 Å². The van der Waals surface area contributed by atoms with Crippen molar-refractivity contribution in [2.24, 2.45) is 16.5 Å². The van der Waals surface area contributed by atoms with Crippen molar-refractivity contribution in [2.75, 3.05) is 19.6 Å². The van der Waals surface area contributed by atoms with E-state index in [1.165, 1.54) is 25.8 Å². The summed E-state index contributed by atoms with van der Waals surface area (Å²) in [4.78, 5) is 6.44. The second kappa shape index (κ2) is 8.25. The molecule has 0 aliphatic carbocycles. The van der Waals surface area contributed by atoms with Gasteiger partial charge in [-0.3, -0.25) is 19.0 Å². The molecule has 1 atom stereocenters. The largest absolute Gasteiger partial charge is 0.394 e. The zero-order valence-electron chi connectivity index (χ0n) is 10.5.